The van der Waals surface area contributed by atoms with Gasteiger partial charge in [0.2, 0.25) is 0 Å². The lowest BCUT2D eigenvalue weighted by atomic mass is 10.00. The van der Waals surface area contributed by atoms with Gasteiger partial charge in [-0.15, -0.1) is 0 Å². The molecule has 42 heavy (non-hydrogen) atoms. The lowest BCUT2D eigenvalue weighted by Gasteiger charge is -2.29. The number of nitrogens with one attached hydrogen (secondary N) is 1. The van der Waals surface area contributed by atoms with Gasteiger partial charge >= 0.3 is 12.2 Å². The number of morpholine rings is 1. The summed E-state index contributed by atoms with van der Waals surface area (Å²) < 4.78 is 57.9. The fourth-order valence-corrected chi connectivity index (χ4v) is 5.43. The number of β-amino-alcohol motifs (C(OH)–C–C–N with tert-alkyl or cyclic N) is 1. The number of urea groups is 1. The van der Waals surface area contributed by atoms with Crippen molar-refractivity contribution in [3.63, 3.8) is 0 Å². The number of carbonyl (C=O) groups is 1. The molecule has 236 valence electrons. The van der Waals surface area contributed by atoms with Crippen molar-refractivity contribution in [2.45, 2.75) is 38.2 Å². The van der Waals surface area contributed by atoms with Gasteiger partial charge in [-0.2, -0.15) is 53.7 Å². The van der Waals surface area contributed by atoms with E-state index in [2.05, 4.69) is 10.2 Å². The molecule has 0 spiro atoms. The van der Waals surface area contributed by atoms with Crippen LogP contribution < -0.4 is 15.1 Å². The second-order valence-corrected chi connectivity index (χ2v) is 10.5. The van der Waals surface area contributed by atoms with E-state index in [-0.39, 0.29) is 66.7 Å². The summed E-state index contributed by atoms with van der Waals surface area (Å²) in [4.78, 5) is 22.9. The van der Waals surface area contributed by atoms with Crippen LogP contribution in [0.1, 0.15) is 18.4 Å². The molecule has 3 fully saturated rings. The summed E-state index contributed by atoms with van der Waals surface area (Å²) in [6.45, 7) is 4.91. The van der Waals surface area contributed by atoms with E-state index >= 15 is 0 Å². The van der Waals surface area contributed by atoms with Crippen LogP contribution in [0.4, 0.5) is 39.7 Å². The molecule has 3 aliphatic heterocycles. The van der Waals surface area contributed by atoms with Gasteiger partial charge in [-0.05, 0) is 60.2 Å². The topological polar surface area (TPSA) is 81.2 Å². The molecule has 0 aliphatic carbocycles. The van der Waals surface area contributed by atoms with Gasteiger partial charge in [-0.1, -0.05) is 6.07 Å². The van der Waals surface area contributed by atoms with E-state index in [1.807, 2.05) is 31.2 Å². The monoisotopic (exact) mass is 653 g/mol. The summed E-state index contributed by atoms with van der Waals surface area (Å²) in [6.07, 6.45) is -7.25. The third kappa shape index (κ3) is 8.74. The first-order valence-corrected chi connectivity index (χ1v) is 13.2. The molecule has 2 aromatic rings. The standard InChI is InChI=1S/C27H33F4N5O3.3H2S/c1-17-2-3-20(32-26(38)35-5-4-18(14-35)13-27(29,30)31)12-21(17)19-10-24(34-6-8-39-9-7-34)33-25(11-19)36-15-22(28)23(37)16-36;;;/h2-3,10-12,18,22-23,37H,4-9,13-16H2,1H3,(H,32,38);3*1H2/t18-,22-,23-;;;/m0.../s1. The number of carbonyl (C=O) groups excluding carboxylic acids is 1. The molecule has 0 unspecified atom stereocenters. The summed E-state index contributed by atoms with van der Waals surface area (Å²) in [5, 5.41) is 12.8. The Balaban J connectivity index is 0.00000205. The summed E-state index contributed by atoms with van der Waals surface area (Å²) in [6, 6.07) is 8.83. The highest BCUT2D eigenvalue weighted by Gasteiger charge is 2.36. The van der Waals surface area contributed by atoms with E-state index < -0.39 is 36.8 Å². The van der Waals surface area contributed by atoms with Gasteiger partial charge in [0.1, 0.15) is 23.9 Å². The lowest BCUT2D eigenvalue weighted by molar-refractivity contribution is -0.143. The first-order valence-electron chi connectivity index (χ1n) is 13.2. The molecule has 15 heteroatoms. The SMILES string of the molecule is Cc1ccc(NC(=O)N2CC[C@@H](CC(F)(F)F)C2)cc1-c1cc(N2CCOCC2)nc(N2C[C@H](O)[C@@H](F)C2)c1.S.S.S. The number of ether oxygens (including phenoxy) is 1. The lowest BCUT2D eigenvalue weighted by Crippen LogP contribution is -2.37. The zero-order valence-electron chi connectivity index (χ0n) is 23.3. The highest BCUT2D eigenvalue weighted by atomic mass is 32.1. The average Bonchev–Trinajstić information content (AvgIpc) is 3.50. The fraction of sp³-hybridized carbons (Fsp3) is 0.556. The molecule has 8 nitrogen and oxygen atoms in total. The van der Waals surface area contributed by atoms with Crippen molar-refractivity contribution in [1.29, 1.82) is 0 Å². The number of pyridine rings is 1. The number of anilines is 3. The van der Waals surface area contributed by atoms with E-state index in [1.165, 1.54) is 4.90 Å². The van der Waals surface area contributed by atoms with E-state index in [4.69, 9.17) is 9.72 Å². The number of aliphatic hydroxyl groups is 1. The first-order chi connectivity index (χ1) is 18.6. The van der Waals surface area contributed by atoms with Crippen molar-refractivity contribution in [3.05, 3.63) is 35.9 Å². The number of aromatic nitrogens is 1. The van der Waals surface area contributed by atoms with Crippen molar-refractivity contribution in [1.82, 2.24) is 9.88 Å². The van der Waals surface area contributed by atoms with Gasteiger partial charge in [0.25, 0.3) is 0 Å². The van der Waals surface area contributed by atoms with Crippen molar-refractivity contribution in [3.8, 4) is 11.1 Å². The molecule has 5 rings (SSSR count). The Bertz CT molecular complexity index is 1200. The Morgan fingerprint density at radius 1 is 1.02 bits per heavy atom. The molecular formula is C27H39F4N5O3S3. The van der Waals surface area contributed by atoms with Gasteiger partial charge in [0.05, 0.1) is 19.8 Å². The van der Waals surface area contributed by atoms with Crippen molar-refractivity contribution in [2.75, 3.05) is 67.6 Å². The number of rotatable bonds is 5. The third-order valence-electron chi connectivity index (χ3n) is 7.57. The molecule has 3 saturated heterocycles. The second-order valence-electron chi connectivity index (χ2n) is 10.5. The Kier molecular flexibility index (Phi) is 13.0. The minimum atomic E-state index is -4.25. The number of alkyl halides is 4. The Labute approximate surface area is 264 Å². The summed E-state index contributed by atoms with van der Waals surface area (Å²) in [5.41, 5.74) is 3.11. The van der Waals surface area contributed by atoms with Crippen molar-refractivity contribution < 1.29 is 32.2 Å². The molecule has 1 aromatic heterocycles. The molecule has 4 heterocycles. The molecule has 0 radical (unpaired) electrons. The van der Waals surface area contributed by atoms with Crippen LogP contribution in [0, 0.1) is 12.8 Å². The zero-order valence-corrected chi connectivity index (χ0v) is 26.3. The molecule has 0 saturated carbocycles. The predicted octanol–water partition coefficient (Wildman–Crippen LogP) is 4.56. The van der Waals surface area contributed by atoms with Gasteiger partial charge < -0.3 is 29.9 Å². The maximum atomic E-state index is 14.2. The molecular weight excluding hydrogens is 615 g/mol. The van der Waals surface area contributed by atoms with Crippen LogP contribution in [0.15, 0.2) is 30.3 Å². The molecule has 2 amide bonds. The Morgan fingerprint density at radius 3 is 2.31 bits per heavy atom. The summed E-state index contributed by atoms with van der Waals surface area (Å²) in [5.74, 6) is 0.671. The Morgan fingerprint density at radius 2 is 1.69 bits per heavy atom. The number of aryl methyl sites for hydroxylation is 1. The maximum absolute atomic E-state index is 14.2. The van der Waals surface area contributed by atoms with Crippen LogP contribution in [-0.2, 0) is 4.74 Å². The maximum Gasteiger partial charge on any atom is 0.389 e. The van der Waals surface area contributed by atoms with E-state index in [9.17, 15) is 27.5 Å². The quantitative estimate of drug-likeness (QED) is 0.461. The number of hydrogen-bond donors (Lipinski definition) is 2. The third-order valence-corrected chi connectivity index (χ3v) is 7.57. The van der Waals surface area contributed by atoms with E-state index in [0.29, 0.717) is 50.0 Å². The second kappa shape index (κ2) is 15.1. The minimum absolute atomic E-state index is 0. The zero-order chi connectivity index (χ0) is 27.7. The fourth-order valence-electron chi connectivity index (χ4n) is 5.43. The number of aliphatic hydroxyl groups excluding tert-OH is 1. The van der Waals surface area contributed by atoms with E-state index in [0.717, 1.165) is 16.7 Å². The molecule has 0 bridgehead atoms. The normalized spacial score (nSPS) is 22.2. The number of halogens is 4. The van der Waals surface area contributed by atoms with Crippen LogP contribution in [0.5, 0.6) is 0 Å². The smallest absolute Gasteiger partial charge is 0.388 e. The average molecular weight is 654 g/mol. The van der Waals surface area contributed by atoms with Crippen LogP contribution >= 0.6 is 40.5 Å². The highest BCUT2D eigenvalue weighted by molar-refractivity contribution is 7.59. The highest BCUT2D eigenvalue weighted by Crippen LogP contribution is 2.34. The van der Waals surface area contributed by atoms with Gasteiger partial charge in [0.15, 0.2) is 0 Å². The van der Waals surface area contributed by atoms with Crippen LogP contribution in [0.2, 0.25) is 0 Å². The van der Waals surface area contributed by atoms with Crippen LogP contribution in [-0.4, -0.2) is 92.0 Å². The van der Waals surface area contributed by atoms with Gasteiger partial charge in [0, 0.05) is 44.8 Å². The van der Waals surface area contributed by atoms with Gasteiger partial charge in [-0.25, -0.2) is 14.2 Å². The molecule has 3 atom stereocenters. The number of hydrogen-bond acceptors (Lipinski definition) is 6. The molecule has 3 aliphatic rings. The van der Waals surface area contributed by atoms with E-state index in [1.54, 1.807) is 11.0 Å². The molecule has 2 N–H and O–H groups in total. The first kappa shape index (κ1) is 36.1. The largest absolute Gasteiger partial charge is 0.389 e. The summed E-state index contributed by atoms with van der Waals surface area (Å²) >= 11 is 0. The minimum Gasteiger partial charge on any atom is -0.388 e. The predicted molar refractivity (Wildman–Crippen MR) is 171 cm³/mol. The number of likely N-dealkylation sites (tertiary alicyclic amines) is 1. The van der Waals surface area contributed by atoms with Crippen molar-refractivity contribution in [2.24, 2.45) is 5.92 Å². The van der Waals surface area contributed by atoms with Gasteiger partial charge in [-0.3, -0.25) is 0 Å². The van der Waals surface area contributed by atoms with Crippen LogP contribution in [0.25, 0.3) is 11.1 Å². The van der Waals surface area contributed by atoms with Crippen molar-refractivity contribution >= 4 is 63.8 Å². The number of benzene rings is 1. The number of amides is 2. The van der Waals surface area contributed by atoms with Crippen LogP contribution in [0.3, 0.4) is 0 Å². The molecule has 1 aromatic carbocycles. The number of nitrogens with zero attached hydrogens (tertiary/aromatic N) is 4. The Hall–Kier alpha value is -2.07. The summed E-state index contributed by atoms with van der Waals surface area (Å²) in [7, 11) is 0.